The molecule has 198 valence electrons. The molecule has 42 heavy (non-hydrogen) atoms. The number of hydrogen-bond donors (Lipinski definition) is 0. The molecule has 0 bridgehead atoms. The highest BCUT2D eigenvalue weighted by molar-refractivity contribution is 6.17. The van der Waals surface area contributed by atoms with Crippen molar-refractivity contribution in [1.82, 2.24) is 14.5 Å². The van der Waals surface area contributed by atoms with Crippen molar-refractivity contribution in [2.75, 3.05) is 0 Å². The van der Waals surface area contributed by atoms with Gasteiger partial charge in [0.2, 0.25) is 0 Å². The number of aromatic nitrogens is 3. The van der Waals surface area contributed by atoms with Gasteiger partial charge in [0.05, 0.1) is 16.4 Å². The molecule has 0 radical (unpaired) electrons. The molecule has 0 amide bonds. The zero-order valence-electron chi connectivity index (χ0n) is 22.8. The predicted molar refractivity (Wildman–Crippen MR) is 172 cm³/mol. The molecular formula is C38H25N3O. The van der Waals surface area contributed by atoms with Crippen LogP contribution in [0.2, 0.25) is 0 Å². The zero-order valence-corrected chi connectivity index (χ0v) is 22.8. The fourth-order valence-electron chi connectivity index (χ4n) is 6.53. The molecule has 0 saturated heterocycles. The minimum Gasteiger partial charge on any atom is -0.455 e. The van der Waals surface area contributed by atoms with Crippen LogP contribution >= 0.6 is 0 Å². The van der Waals surface area contributed by atoms with E-state index in [0.717, 1.165) is 73.8 Å². The Hall–Kier alpha value is -5.48. The Morgan fingerprint density at radius 1 is 0.619 bits per heavy atom. The zero-order chi connectivity index (χ0) is 27.6. The van der Waals surface area contributed by atoms with Crippen molar-refractivity contribution < 1.29 is 4.42 Å². The van der Waals surface area contributed by atoms with Crippen molar-refractivity contribution in [1.29, 1.82) is 0 Å². The van der Waals surface area contributed by atoms with Crippen LogP contribution < -0.4 is 0 Å². The third kappa shape index (κ3) is 3.42. The highest BCUT2D eigenvalue weighted by atomic mass is 16.3. The normalized spacial score (nSPS) is 13.0. The third-order valence-electron chi connectivity index (χ3n) is 8.49. The van der Waals surface area contributed by atoms with Gasteiger partial charge in [-0.25, -0.2) is 9.97 Å². The molecule has 0 saturated carbocycles. The van der Waals surface area contributed by atoms with Gasteiger partial charge >= 0.3 is 0 Å². The summed E-state index contributed by atoms with van der Waals surface area (Å²) in [7, 11) is 0. The molecule has 0 spiro atoms. The molecule has 0 atom stereocenters. The van der Waals surface area contributed by atoms with E-state index in [4.69, 9.17) is 14.4 Å². The molecule has 0 N–H and O–H groups in total. The van der Waals surface area contributed by atoms with Gasteiger partial charge in [-0.3, -0.25) is 4.57 Å². The summed E-state index contributed by atoms with van der Waals surface area (Å²) in [5.41, 5.74) is 9.72. The number of hydrogen-bond acceptors (Lipinski definition) is 3. The number of nitrogens with zero attached hydrogens (tertiary/aromatic N) is 3. The van der Waals surface area contributed by atoms with Crippen molar-refractivity contribution in [3.63, 3.8) is 0 Å². The average molecular weight is 540 g/mol. The van der Waals surface area contributed by atoms with Gasteiger partial charge in [0.15, 0.2) is 5.82 Å². The van der Waals surface area contributed by atoms with Crippen LogP contribution in [0.1, 0.15) is 17.7 Å². The van der Waals surface area contributed by atoms with E-state index in [2.05, 4.69) is 108 Å². The minimum absolute atomic E-state index is 0.718. The van der Waals surface area contributed by atoms with E-state index in [1.165, 1.54) is 22.4 Å². The maximum atomic E-state index is 6.53. The molecule has 0 unspecified atom stereocenters. The Balaban J connectivity index is 1.31. The minimum atomic E-state index is 0.718. The van der Waals surface area contributed by atoms with Crippen LogP contribution in [0.15, 0.2) is 126 Å². The second-order valence-electron chi connectivity index (χ2n) is 10.9. The molecule has 0 aliphatic heterocycles. The van der Waals surface area contributed by atoms with Crippen molar-refractivity contribution in [2.24, 2.45) is 0 Å². The predicted octanol–water partition coefficient (Wildman–Crippen LogP) is 9.77. The summed E-state index contributed by atoms with van der Waals surface area (Å²) >= 11 is 0. The molecule has 0 fully saturated rings. The monoisotopic (exact) mass is 539 g/mol. The Kier molecular flexibility index (Phi) is 4.99. The van der Waals surface area contributed by atoms with Gasteiger partial charge in [-0.15, -0.1) is 0 Å². The summed E-state index contributed by atoms with van der Waals surface area (Å²) in [4.78, 5) is 10.3. The van der Waals surface area contributed by atoms with Gasteiger partial charge < -0.3 is 4.42 Å². The maximum absolute atomic E-state index is 6.53. The lowest BCUT2D eigenvalue weighted by Gasteiger charge is -2.16. The van der Waals surface area contributed by atoms with E-state index in [0.29, 0.717) is 0 Å². The van der Waals surface area contributed by atoms with Crippen LogP contribution in [0.4, 0.5) is 0 Å². The lowest BCUT2D eigenvalue weighted by molar-refractivity contribution is 0.672. The SMILES string of the molecule is C1=Cc2c(n(-c3nc(-c4ccc(-c5ccccc5)cc4)nc4ccccc34)c3ccc4c5ccccc5oc4c23)CC1. The van der Waals surface area contributed by atoms with E-state index in [1.807, 2.05) is 24.3 Å². The lowest BCUT2D eigenvalue weighted by atomic mass is 10.0. The molecule has 8 aromatic rings. The van der Waals surface area contributed by atoms with E-state index in [-0.39, 0.29) is 0 Å². The Morgan fingerprint density at radius 2 is 1.36 bits per heavy atom. The first kappa shape index (κ1) is 23.2. The van der Waals surface area contributed by atoms with Gasteiger partial charge in [-0.1, -0.05) is 97.1 Å². The molecule has 1 aliphatic rings. The number of benzene rings is 5. The largest absolute Gasteiger partial charge is 0.455 e. The van der Waals surface area contributed by atoms with Crippen LogP contribution in [-0.2, 0) is 6.42 Å². The maximum Gasteiger partial charge on any atom is 0.162 e. The standard InChI is InChI=1S/C38H25N3O/c1-2-10-24(11-3-1)25-18-20-26(21-19-25)37-39-31-15-7-4-13-29(31)38(40-37)41-32-16-8-5-14-30(32)35-33(41)23-22-28-27-12-6-9-17-34(27)42-36(28)35/h1-7,9-15,17-23H,8,16H2. The molecule has 3 aromatic heterocycles. The summed E-state index contributed by atoms with van der Waals surface area (Å²) in [6, 6.07) is 40.0. The number of furan rings is 1. The fraction of sp³-hybridized carbons (Fsp3) is 0.0526. The summed E-state index contributed by atoms with van der Waals surface area (Å²) in [5.74, 6) is 1.62. The number of para-hydroxylation sites is 2. The van der Waals surface area contributed by atoms with Crippen molar-refractivity contribution in [2.45, 2.75) is 12.8 Å². The molecule has 4 heteroatoms. The van der Waals surface area contributed by atoms with Crippen molar-refractivity contribution in [3.05, 3.63) is 133 Å². The molecule has 9 rings (SSSR count). The number of fused-ring (bicyclic) bond motifs is 8. The van der Waals surface area contributed by atoms with E-state index >= 15 is 0 Å². The first-order valence-electron chi connectivity index (χ1n) is 14.4. The highest BCUT2D eigenvalue weighted by Crippen LogP contribution is 2.42. The summed E-state index contributed by atoms with van der Waals surface area (Å²) < 4.78 is 8.88. The lowest BCUT2D eigenvalue weighted by Crippen LogP contribution is -2.07. The van der Waals surface area contributed by atoms with E-state index in [9.17, 15) is 0 Å². The van der Waals surface area contributed by atoms with Crippen LogP contribution in [-0.4, -0.2) is 14.5 Å². The Morgan fingerprint density at radius 3 is 2.24 bits per heavy atom. The Bertz CT molecular complexity index is 2340. The quantitative estimate of drug-likeness (QED) is 0.224. The highest BCUT2D eigenvalue weighted by Gasteiger charge is 2.25. The number of rotatable bonds is 3. The molecule has 4 nitrogen and oxygen atoms in total. The third-order valence-corrected chi connectivity index (χ3v) is 8.49. The summed E-state index contributed by atoms with van der Waals surface area (Å²) in [6.45, 7) is 0. The van der Waals surface area contributed by atoms with Crippen molar-refractivity contribution >= 4 is 49.8 Å². The molecule has 5 aromatic carbocycles. The molecular weight excluding hydrogens is 514 g/mol. The second-order valence-corrected chi connectivity index (χ2v) is 10.9. The topological polar surface area (TPSA) is 43.9 Å². The first-order chi connectivity index (χ1) is 20.8. The second kappa shape index (κ2) is 9.02. The fourth-order valence-corrected chi connectivity index (χ4v) is 6.53. The Labute approximate surface area is 242 Å². The van der Waals surface area contributed by atoms with Gasteiger partial charge in [-0.2, -0.15) is 0 Å². The number of allylic oxidation sites excluding steroid dienone is 1. The summed E-state index contributed by atoms with van der Waals surface area (Å²) in [6.07, 6.45) is 6.45. The van der Waals surface area contributed by atoms with Gasteiger partial charge in [-0.05, 0) is 54.3 Å². The van der Waals surface area contributed by atoms with Crippen LogP contribution in [0.25, 0.3) is 78.2 Å². The van der Waals surface area contributed by atoms with Gasteiger partial charge in [0.1, 0.15) is 17.0 Å². The van der Waals surface area contributed by atoms with Crippen LogP contribution in [0, 0.1) is 0 Å². The van der Waals surface area contributed by atoms with Gasteiger partial charge in [0, 0.05) is 33.0 Å². The van der Waals surface area contributed by atoms with Crippen LogP contribution in [0.5, 0.6) is 0 Å². The molecule has 3 heterocycles. The van der Waals surface area contributed by atoms with Crippen LogP contribution in [0.3, 0.4) is 0 Å². The van der Waals surface area contributed by atoms with Crippen molar-refractivity contribution in [3.8, 4) is 28.3 Å². The van der Waals surface area contributed by atoms with E-state index in [1.54, 1.807) is 0 Å². The average Bonchev–Trinajstić information content (AvgIpc) is 3.60. The summed E-state index contributed by atoms with van der Waals surface area (Å²) in [5, 5.41) is 4.46. The van der Waals surface area contributed by atoms with Gasteiger partial charge in [0.25, 0.3) is 0 Å². The smallest absolute Gasteiger partial charge is 0.162 e. The first-order valence-corrected chi connectivity index (χ1v) is 14.4. The van der Waals surface area contributed by atoms with E-state index < -0.39 is 0 Å². The molecule has 1 aliphatic carbocycles.